The fourth-order valence-electron chi connectivity index (χ4n) is 3.13. The zero-order valence-corrected chi connectivity index (χ0v) is 11.9. The quantitative estimate of drug-likeness (QED) is 0.492. The average molecular weight is 271 g/mol. The number of hydrogen-bond acceptors (Lipinski definition) is 0. The molecular formula is C20H17N. The first-order valence-corrected chi connectivity index (χ1v) is 7.43. The Morgan fingerprint density at radius 2 is 1.10 bits per heavy atom. The Balaban J connectivity index is 1.82. The molecule has 3 aromatic carbocycles. The van der Waals surface area contributed by atoms with E-state index in [0.717, 1.165) is 13.0 Å². The second-order valence-corrected chi connectivity index (χ2v) is 5.42. The van der Waals surface area contributed by atoms with Gasteiger partial charge in [-0.2, -0.15) is 0 Å². The van der Waals surface area contributed by atoms with Gasteiger partial charge in [0.05, 0.1) is 0 Å². The minimum Gasteiger partial charge on any atom is -0.340 e. The molecule has 0 fully saturated rings. The van der Waals surface area contributed by atoms with Crippen molar-refractivity contribution < 1.29 is 0 Å². The highest BCUT2D eigenvalue weighted by Gasteiger charge is 2.08. The van der Waals surface area contributed by atoms with Crippen LogP contribution in [0.4, 0.5) is 0 Å². The second-order valence-electron chi connectivity index (χ2n) is 5.42. The van der Waals surface area contributed by atoms with Crippen LogP contribution < -0.4 is 0 Å². The third-order valence-electron chi connectivity index (χ3n) is 4.15. The number of para-hydroxylation sites is 2. The van der Waals surface area contributed by atoms with E-state index < -0.39 is 0 Å². The van der Waals surface area contributed by atoms with Crippen LogP contribution in [0.3, 0.4) is 0 Å². The maximum absolute atomic E-state index is 2.44. The molecule has 0 aliphatic rings. The molecule has 0 spiro atoms. The molecule has 21 heavy (non-hydrogen) atoms. The van der Waals surface area contributed by atoms with Gasteiger partial charge in [-0.25, -0.2) is 0 Å². The molecule has 0 amide bonds. The molecule has 0 aliphatic carbocycles. The minimum atomic E-state index is 1.01. The summed E-state index contributed by atoms with van der Waals surface area (Å²) in [6.45, 7) is 1.01. The summed E-state index contributed by atoms with van der Waals surface area (Å²) in [7, 11) is 0. The third kappa shape index (κ3) is 2.11. The van der Waals surface area contributed by atoms with Gasteiger partial charge in [0.1, 0.15) is 0 Å². The van der Waals surface area contributed by atoms with E-state index in [4.69, 9.17) is 0 Å². The van der Waals surface area contributed by atoms with Crippen LogP contribution >= 0.6 is 0 Å². The molecule has 1 heteroatoms. The van der Waals surface area contributed by atoms with Crippen LogP contribution in [0.15, 0.2) is 78.9 Å². The van der Waals surface area contributed by atoms with Gasteiger partial charge in [0, 0.05) is 28.4 Å². The lowest BCUT2D eigenvalue weighted by Gasteiger charge is -2.07. The van der Waals surface area contributed by atoms with E-state index in [-0.39, 0.29) is 0 Å². The van der Waals surface area contributed by atoms with E-state index in [1.54, 1.807) is 0 Å². The molecule has 0 saturated carbocycles. The summed E-state index contributed by atoms with van der Waals surface area (Å²) >= 11 is 0. The highest BCUT2D eigenvalue weighted by molar-refractivity contribution is 6.07. The van der Waals surface area contributed by atoms with E-state index >= 15 is 0 Å². The highest BCUT2D eigenvalue weighted by atomic mass is 15.0. The first-order chi connectivity index (χ1) is 10.4. The summed E-state index contributed by atoms with van der Waals surface area (Å²) < 4.78 is 2.44. The Bertz CT molecular complexity index is 834. The normalized spacial score (nSPS) is 11.2. The fraction of sp³-hybridized carbons (Fsp3) is 0.100. The maximum Gasteiger partial charge on any atom is 0.0491 e. The van der Waals surface area contributed by atoms with Gasteiger partial charge in [-0.15, -0.1) is 0 Å². The summed E-state index contributed by atoms with van der Waals surface area (Å²) in [5.74, 6) is 0. The molecule has 0 unspecified atom stereocenters. The zero-order chi connectivity index (χ0) is 14.1. The highest BCUT2D eigenvalue weighted by Crippen LogP contribution is 2.28. The van der Waals surface area contributed by atoms with E-state index in [2.05, 4.69) is 83.4 Å². The fourth-order valence-corrected chi connectivity index (χ4v) is 3.13. The minimum absolute atomic E-state index is 1.01. The first kappa shape index (κ1) is 12.2. The zero-order valence-electron chi connectivity index (χ0n) is 11.9. The molecule has 1 heterocycles. The van der Waals surface area contributed by atoms with Crippen LogP contribution in [-0.2, 0) is 13.0 Å². The third-order valence-corrected chi connectivity index (χ3v) is 4.15. The number of rotatable bonds is 3. The number of aryl methyl sites for hydroxylation is 2. The summed E-state index contributed by atoms with van der Waals surface area (Å²) in [6.07, 6.45) is 1.06. The number of hydrogen-bond donors (Lipinski definition) is 0. The van der Waals surface area contributed by atoms with Crippen molar-refractivity contribution in [2.75, 3.05) is 0 Å². The molecule has 1 aromatic heterocycles. The van der Waals surface area contributed by atoms with Crippen LogP contribution in [0.2, 0.25) is 0 Å². The van der Waals surface area contributed by atoms with Gasteiger partial charge in [0.25, 0.3) is 0 Å². The number of fused-ring (bicyclic) bond motifs is 3. The van der Waals surface area contributed by atoms with Gasteiger partial charge >= 0.3 is 0 Å². The van der Waals surface area contributed by atoms with Crippen molar-refractivity contribution in [2.24, 2.45) is 0 Å². The number of aromatic nitrogens is 1. The standard InChI is InChI=1S/C20H17N/c1-2-8-16(9-3-1)14-15-21-19-12-6-4-10-17(19)18-11-5-7-13-20(18)21/h1-13H,14-15H2. The van der Waals surface area contributed by atoms with E-state index in [1.165, 1.54) is 27.4 Å². The van der Waals surface area contributed by atoms with Crippen molar-refractivity contribution in [1.82, 2.24) is 4.57 Å². The molecule has 4 aromatic rings. The number of benzene rings is 3. The summed E-state index contributed by atoms with van der Waals surface area (Å²) in [6, 6.07) is 28.1. The summed E-state index contributed by atoms with van der Waals surface area (Å²) in [4.78, 5) is 0. The average Bonchev–Trinajstić information content (AvgIpc) is 2.88. The van der Waals surface area contributed by atoms with Crippen molar-refractivity contribution in [2.45, 2.75) is 13.0 Å². The van der Waals surface area contributed by atoms with Gasteiger partial charge in [-0.3, -0.25) is 0 Å². The summed E-state index contributed by atoms with van der Waals surface area (Å²) in [5, 5.41) is 2.70. The lowest BCUT2D eigenvalue weighted by molar-refractivity contribution is 0.745. The molecule has 0 atom stereocenters. The maximum atomic E-state index is 2.44. The monoisotopic (exact) mass is 271 g/mol. The van der Waals surface area contributed by atoms with Gasteiger partial charge in [0.15, 0.2) is 0 Å². The van der Waals surface area contributed by atoms with Crippen molar-refractivity contribution >= 4 is 21.8 Å². The Hall–Kier alpha value is -2.54. The van der Waals surface area contributed by atoms with E-state index in [1.807, 2.05) is 0 Å². The van der Waals surface area contributed by atoms with Crippen molar-refractivity contribution in [3.63, 3.8) is 0 Å². The molecule has 4 rings (SSSR count). The lowest BCUT2D eigenvalue weighted by Crippen LogP contribution is -2.00. The largest absolute Gasteiger partial charge is 0.340 e. The van der Waals surface area contributed by atoms with E-state index in [0.29, 0.717) is 0 Å². The summed E-state index contributed by atoms with van der Waals surface area (Å²) in [5.41, 5.74) is 4.05. The van der Waals surface area contributed by atoms with Crippen molar-refractivity contribution in [3.05, 3.63) is 84.4 Å². The van der Waals surface area contributed by atoms with Crippen LogP contribution in [0.25, 0.3) is 21.8 Å². The molecule has 0 saturated heterocycles. The Morgan fingerprint density at radius 3 is 1.71 bits per heavy atom. The molecular weight excluding hydrogens is 254 g/mol. The molecule has 0 N–H and O–H groups in total. The van der Waals surface area contributed by atoms with E-state index in [9.17, 15) is 0 Å². The molecule has 1 nitrogen and oxygen atoms in total. The predicted molar refractivity (Wildman–Crippen MR) is 89.6 cm³/mol. The number of nitrogens with zero attached hydrogens (tertiary/aromatic N) is 1. The van der Waals surface area contributed by atoms with Crippen molar-refractivity contribution in [3.8, 4) is 0 Å². The Kier molecular flexibility index (Phi) is 2.97. The van der Waals surface area contributed by atoms with Crippen molar-refractivity contribution in [1.29, 1.82) is 0 Å². The molecule has 0 bridgehead atoms. The Labute approximate surface area is 124 Å². The van der Waals surface area contributed by atoms with Crippen LogP contribution in [-0.4, -0.2) is 4.57 Å². The molecule has 0 aliphatic heterocycles. The van der Waals surface area contributed by atoms with Crippen LogP contribution in [0.5, 0.6) is 0 Å². The van der Waals surface area contributed by atoms with Gasteiger partial charge in [0.2, 0.25) is 0 Å². The van der Waals surface area contributed by atoms with Gasteiger partial charge in [-0.1, -0.05) is 66.7 Å². The first-order valence-electron chi connectivity index (χ1n) is 7.43. The van der Waals surface area contributed by atoms with Crippen LogP contribution in [0.1, 0.15) is 5.56 Å². The SMILES string of the molecule is c1ccc(CCn2c3ccccc3c3ccccc32)cc1. The predicted octanol–water partition coefficient (Wildman–Crippen LogP) is 5.04. The molecule has 102 valence electrons. The van der Waals surface area contributed by atoms with Crippen LogP contribution in [0, 0.1) is 0 Å². The molecule has 0 radical (unpaired) electrons. The topological polar surface area (TPSA) is 4.93 Å². The Morgan fingerprint density at radius 1 is 0.571 bits per heavy atom. The van der Waals surface area contributed by atoms with Gasteiger partial charge < -0.3 is 4.57 Å². The smallest absolute Gasteiger partial charge is 0.0491 e. The second kappa shape index (κ2) is 5.10. The lowest BCUT2D eigenvalue weighted by atomic mass is 10.1. The van der Waals surface area contributed by atoms with Gasteiger partial charge in [-0.05, 0) is 24.1 Å².